The van der Waals surface area contributed by atoms with Gasteiger partial charge in [-0.25, -0.2) is 0 Å². The highest BCUT2D eigenvalue weighted by molar-refractivity contribution is 4.71. The molecule has 0 amide bonds. The normalized spacial score (nSPS) is 18.2. The molecule has 0 saturated carbocycles. The molecule has 0 aliphatic carbocycles. The number of rotatable bonds is 7. The number of aliphatic hydroxyl groups is 1. The van der Waals surface area contributed by atoms with Crippen molar-refractivity contribution < 1.29 is 5.11 Å². The minimum atomic E-state index is 0.309. The third-order valence-corrected chi connectivity index (χ3v) is 2.84. The van der Waals surface area contributed by atoms with E-state index in [0.717, 1.165) is 18.8 Å². The summed E-state index contributed by atoms with van der Waals surface area (Å²) in [5.74, 6) is 0.733. The van der Waals surface area contributed by atoms with Crippen LogP contribution in [0.1, 0.15) is 47.0 Å². The Balaban J connectivity index is 3.57. The van der Waals surface area contributed by atoms with Crippen molar-refractivity contribution in [2.45, 2.75) is 59.0 Å². The van der Waals surface area contributed by atoms with Gasteiger partial charge >= 0.3 is 0 Å². The fourth-order valence-electron chi connectivity index (χ4n) is 1.45. The van der Waals surface area contributed by atoms with E-state index >= 15 is 0 Å². The molecular weight excluding hydrogens is 162 g/mol. The largest absolute Gasteiger partial charge is 0.396 e. The highest BCUT2D eigenvalue weighted by atomic mass is 16.2. The van der Waals surface area contributed by atoms with Crippen LogP contribution in [0, 0.1) is 5.92 Å². The Bertz CT molecular complexity index is 117. The molecule has 0 heterocycles. The second-order valence-electron chi connectivity index (χ2n) is 4.11. The Labute approximate surface area is 82.7 Å². The summed E-state index contributed by atoms with van der Waals surface area (Å²) in [6, 6.07) is 1.11. The van der Waals surface area contributed by atoms with E-state index in [-0.39, 0.29) is 0 Å². The minimum Gasteiger partial charge on any atom is -0.396 e. The lowest BCUT2D eigenvalue weighted by atomic mass is 9.99. The van der Waals surface area contributed by atoms with Crippen LogP contribution < -0.4 is 5.32 Å². The zero-order chi connectivity index (χ0) is 10.3. The van der Waals surface area contributed by atoms with Gasteiger partial charge < -0.3 is 10.4 Å². The molecule has 2 N–H and O–H groups in total. The van der Waals surface area contributed by atoms with Crippen LogP contribution in [0.3, 0.4) is 0 Å². The highest BCUT2D eigenvalue weighted by Gasteiger charge is 2.12. The maximum atomic E-state index is 8.68. The SMILES string of the molecule is CC[C@H](C)[C@@H](C)N[C@@H](C)CCCO. The summed E-state index contributed by atoms with van der Waals surface area (Å²) in [4.78, 5) is 0. The zero-order valence-corrected chi connectivity index (χ0v) is 9.51. The lowest BCUT2D eigenvalue weighted by molar-refractivity contribution is 0.268. The summed E-state index contributed by atoms with van der Waals surface area (Å²) in [6.45, 7) is 9.24. The number of hydrogen-bond acceptors (Lipinski definition) is 2. The molecule has 13 heavy (non-hydrogen) atoms. The molecule has 3 atom stereocenters. The fourth-order valence-corrected chi connectivity index (χ4v) is 1.45. The first kappa shape index (κ1) is 12.9. The van der Waals surface area contributed by atoms with E-state index in [2.05, 4.69) is 33.0 Å². The van der Waals surface area contributed by atoms with Gasteiger partial charge in [-0.1, -0.05) is 20.3 Å². The van der Waals surface area contributed by atoms with Crippen molar-refractivity contribution in [2.75, 3.05) is 6.61 Å². The van der Waals surface area contributed by atoms with Gasteiger partial charge in [-0.3, -0.25) is 0 Å². The first-order valence-corrected chi connectivity index (χ1v) is 5.48. The van der Waals surface area contributed by atoms with Crippen LogP contribution in [-0.2, 0) is 0 Å². The first-order valence-electron chi connectivity index (χ1n) is 5.48. The van der Waals surface area contributed by atoms with Crippen molar-refractivity contribution in [3.8, 4) is 0 Å². The standard InChI is InChI=1S/C11H25NO/c1-5-9(2)11(4)12-10(3)7-6-8-13/h9-13H,5-8H2,1-4H3/t9-,10-,11+/m0/s1. The van der Waals surface area contributed by atoms with Crippen molar-refractivity contribution in [1.82, 2.24) is 5.32 Å². The van der Waals surface area contributed by atoms with Gasteiger partial charge in [0.25, 0.3) is 0 Å². The van der Waals surface area contributed by atoms with Gasteiger partial charge in [0.05, 0.1) is 0 Å². The average molecular weight is 187 g/mol. The molecule has 0 aromatic carbocycles. The van der Waals surface area contributed by atoms with Gasteiger partial charge in [0.2, 0.25) is 0 Å². The van der Waals surface area contributed by atoms with Crippen LogP contribution in [0.5, 0.6) is 0 Å². The molecule has 0 unspecified atom stereocenters. The molecule has 0 fully saturated rings. The van der Waals surface area contributed by atoms with Crippen LogP contribution >= 0.6 is 0 Å². The maximum absolute atomic E-state index is 8.68. The molecule has 0 rings (SSSR count). The van der Waals surface area contributed by atoms with Gasteiger partial charge in [-0.15, -0.1) is 0 Å². The van der Waals surface area contributed by atoms with Crippen LogP contribution in [0.4, 0.5) is 0 Å². The van der Waals surface area contributed by atoms with E-state index in [1.807, 2.05) is 0 Å². The molecule has 0 saturated heterocycles. The fraction of sp³-hybridized carbons (Fsp3) is 1.00. The van der Waals surface area contributed by atoms with Gasteiger partial charge in [-0.05, 0) is 32.6 Å². The van der Waals surface area contributed by atoms with Crippen LogP contribution in [0.2, 0.25) is 0 Å². The molecule has 0 bridgehead atoms. The van der Waals surface area contributed by atoms with Crippen molar-refractivity contribution in [3.63, 3.8) is 0 Å². The van der Waals surface area contributed by atoms with Crippen molar-refractivity contribution in [2.24, 2.45) is 5.92 Å². The summed E-state index contributed by atoms with van der Waals surface area (Å²) in [7, 11) is 0. The van der Waals surface area contributed by atoms with Crippen LogP contribution in [0.15, 0.2) is 0 Å². The van der Waals surface area contributed by atoms with Crippen molar-refractivity contribution >= 4 is 0 Å². The predicted octanol–water partition coefficient (Wildman–Crippen LogP) is 2.17. The van der Waals surface area contributed by atoms with Crippen LogP contribution in [0.25, 0.3) is 0 Å². The molecule has 0 aromatic heterocycles. The summed E-state index contributed by atoms with van der Waals surface area (Å²) in [5.41, 5.74) is 0. The second kappa shape index (κ2) is 7.34. The number of nitrogens with one attached hydrogen (secondary N) is 1. The second-order valence-corrected chi connectivity index (χ2v) is 4.11. The Morgan fingerprint density at radius 3 is 2.31 bits per heavy atom. The zero-order valence-electron chi connectivity index (χ0n) is 9.51. The summed E-state index contributed by atoms with van der Waals surface area (Å²) < 4.78 is 0. The lowest BCUT2D eigenvalue weighted by Crippen LogP contribution is -2.38. The third-order valence-electron chi connectivity index (χ3n) is 2.84. The number of aliphatic hydroxyl groups excluding tert-OH is 1. The highest BCUT2D eigenvalue weighted by Crippen LogP contribution is 2.08. The smallest absolute Gasteiger partial charge is 0.0431 e. The lowest BCUT2D eigenvalue weighted by Gasteiger charge is -2.24. The summed E-state index contributed by atoms with van der Waals surface area (Å²) in [6.07, 6.45) is 3.19. The van der Waals surface area contributed by atoms with E-state index in [1.165, 1.54) is 6.42 Å². The monoisotopic (exact) mass is 187 g/mol. The first-order chi connectivity index (χ1) is 6.11. The Hall–Kier alpha value is -0.0800. The molecule has 0 spiro atoms. The Morgan fingerprint density at radius 2 is 1.85 bits per heavy atom. The molecule has 0 aliphatic rings. The van der Waals surface area contributed by atoms with Gasteiger partial charge in [0, 0.05) is 18.7 Å². The maximum Gasteiger partial charge on any atom is 0.0431 e. The summed E-state index contributed by atoms with van der Waals surface area (Å²) in [5, 5.41) is 12.2. The quantitative estimate of drug-likeness (QED) is 0.640. The number of hydrogen-bond donors (Lipinski definition) is 2. The predicted molar refractivity (Wildman–Crippen MR) is 57.8 cm³/mol. The molecule has 2 heteroatoms. The average Bonchev–Trinajstić information content (AvgIpc) is 2.13. The van der Waals surface area contributed by atoms with Crippen LogP contribution in [-0.4, -0.2) is 23.8 Å². The van der Waals surface area contributed by atoms with Gasteiger partial charge in [0.15, 0.2) is 0 Å². The Kier molecular flexibility index (Phi) is 7.29. The topological polar surface area (TPSA) is 32.3 Å². The summed E-state index contributed by atoms with van der Waals surface area (Å²) >= 11 is 0. The Morgan fingerprint density at radius 1 is 1.23 bits per heavy atom. The molecule has 0 aromatic rings. The van der Waals surface area contributed by atoms with E-state index in [0.29, 0.717) is 18.7 Å². The molecule has 0 aliphatic heterocycles. The van der Waals surface area contributed by atoms with E-state index < -0.39 is 0 Å². The van der Waals surface area contributed by atoms with Crippen molar-refractivity contribution in [1.29, 1.82) is 0 Å². The van der Waals surface area contributed by atoms with E-state index in [1.54, 1.807) is 0 Å². The minimum absolute atomic E-state index is 0.309. The van der Waals surface area contributed by atoms with E-state index in [9.17, 15) is 0 Å². The van der Waals surface area contributed by atoms with Gasteiger partial charge in [-0.2, -0.15) is 0 Å². The molecule has 2 nitrogen and oxygen atoms in total. The molecule has 80 valence electrons. The van der Waals surface area contributed by atoms with Gasteiger partial charge in [0.1, 0.15) is 0 Å². The molecular formula is C11H25NO. The molecule has 0 radical (unpaired) electrons. The van der Waals surface area contributed by atoms with E-state index in [4.69, 9.17) is 5.11 Å². The van der Waals surface area contributed by atoms with Crippen molar-refractivity contribution in [3.05, 3.63) is 0 Å². The third kappa shape index (κ3) is 6.05.